The second-order valence-corrected chi connectivity index (χ2v) is 8.71. The summed E-state index contributed by atoms with van der Waals surface area (Å²) in [4.78, 5) is 28.5. The molecule has 38 heavy (non-hydrogen) atoms. The van der Waals surface area contributed by atoms with E-state index in [0.717, 1.165) is 28.1 Å². The van der Waals surface area contributed by atoms with E-state index in [0.29, 0.717) is 42.4 Å². The van der Waals surface area contributed by atoms with Gasteiger partial charge in [0.15, 0.2) is 0 Å². The molecule has 0 radical (unpaired) electrons. The Labute approximate surface area is 221 Å². The first-order valence-corrected chi connectivity index (χ1v) is 12.3. The monoisotopic (exact) mass is 514 g/mol. The van der Waals surface area contributed by atoms with E-state index >= 15 is 0 Å². The maximum Gasteiger partial charge on any atom is 0.303 e. The average Bonchev–Trinajstić information content (AvgIpc) is 3.31. The third-order valence-corrected chi connectivity index (χ3v) is 6.05. The predicted octanol–water partition coefficient (Wildman–Crippen LogP) is 5.23. The van der Waals surface area contributed by atoms with Crippen molar-refractivity contribution in [3.05, 3.63) is 101 Å². The minimum absolute atomic E-state index is 0.0163. The minimum Gasteiger partial charge on any atom is -0.496 e. The molecule has 8 nitrogen and oxygen atoms in total. The molecule has 0 unspecified atom stereocenters. The van der Waals surface area contributed by atoms with Gasteiger partial charge in [-0.2, -0.15) is 0 Å². The number of nitrogens with one attached hydrogen (secondary N) is 1. The average molecular weight is 515 g/mol. The van der Waals surface area contributed by atoms with E-state index in [1.807, 2.05) is 55.5 Å². The number of carboxylic acid groups (broad SMARTS) is 1. The van der Waals surface area contributed by atoms with Crippen molar-refractivity contribution in [2.45, 2.75) is 32.7 Å². The number of aromatic nitrogens is 1. The number of benzene rings is 3. The number of carboxylic acids is 1. The minimum atomic E-state index is -0.866. The summed E-state index contributed by atoms with van der Waals surface area (Å²) in [6.07, 6.45) is 0.932. The van der Waals surface area contributed by atoms with Crippen molar-refractivity contribution in [1.29, 1.82) is 0 Å². The molecule has 0 aliphatic heterocycles. The summed E-state index contributed by atoms with van der Waals surface area (Å²) in [6.45, 7) is 2.43. The van der Waals surface area contributed by atoms with Gasteiger partial charge in [-0.1, -0.05) is 42.5 Å². The van der Waals surface area contributed by atoms with Crippen molar-refractivity contribution in [1.82, 2.24) is 10.3 Å². The number of aliphatic carboxylic acids is 1. The molecule has 1 amide bonds. The molecular weight excluding hydrogens is 484 g/mol. The molecule has 8 heteroatoms. The van der Waals surface area contributed by atoms with Crippen LogP contribution in [-0.4, -0.2) is 35.7 Å². The fourth-order valence-electron chi connectivity index (χ4n) is 4.04. The summed E-state index contributed by atoms with van der Waals surface area (Å²) in [7, 11) is 1.52. The Kier molecular flexibility index (Phi) is 8.77. The Hall–Kier alpha value is -4.59. The summed E-state index contributed by atoms with van der Waals surface area (Å²) >= 11 is 0. The number of carbonyl (C=O) groups is 2. The number of rotatable bonds is 12. The van der Waals surface area contributed by atoms with E-state index in [1.54, 1.807) is 24.3 Å². The number of amides is 1. The highest BCUT2D eigenvalue weighted by Gasteiger charge is 2.15. The lowest BCUT2D eigenvalue weighted by molar-refractivity contribution is -0.136. The van der Waals surface area contributed by atoms with E-state index in [9.17, 15) is 9.59 Å². The number of para-hydroxylation sites is 1. The normalized spacial score (nSPS) is 10.7. The van der Waals surface area contributed by atoms with Gasteiger partial charge in [0.1, 0.15) is 17.3 Å². The standard InChI is InChI=1S/C30H30N2O6/c1-20-25(32-30(38-20)22-8-4-3-5-9-22)16-17-37-26-14-12-21(13-15-28(33)34)18-23(26)19-31-29(35)24-10-6-7-11-27(24)36-2/h3-12,14,18H,13,15-17,19H2,1-2H3,(H,31,35)(H,33,34). The van der Waals surface area contributed by atoms with Crippen LogP contribution in [0.2, 0.25) is 0 Å². The summed E-state index contributed by atoms with van der Waals surface area (Å²) in [5.74, 6) is 1.25. The van der Waals surface area contributed by atoms with Crippen LogP contribution >= 0.6 is 0 Å². The van der Waals surface area contributed by atoms with Crippen LogP contribution in [0, 0.1) is 6.92 Å². The number of methoxy groups -OCH3 is 1. The number of nitrogens with zero attached hydrogens (tertiary/aromatic N) is 1. The molecule has 0 fully saturated rings. The lowest BCUT2D eigenvalue weighted by atomic mass is 10.0. The van der Waals surface area contributed by atoms with Crippen LogP contribution in [0.4, 0.5) is 0 Å². The van der Waals surface area contributed by atoms with Crippen molar-refractivity contribution in [3.63, 3.8) is 0 Å². The van der Waals surface area contributed by atoms with E-state index in [2.05, 4.69) is 10.3 Å². The first kappa shape index (κ1) is 26.5. The van der Waals surface area contributed by atoms with Gasteiger partial charge >= 0.3 is 5.97 Å². The Morgan fingerprint density at radius 3 is 2.50 bits per heavy atom. The van der Waals surface area contributed by atoms with Gasteiger partial charge in [0.05, 0.1) is 25.0 Å². The topological polar surface area (TPSA) is 111 Å². The van der Waals surface area contributed by atoms with Crippen molar-refractivity contribution in [3.8, 4) is 23.0 Å². The van der Waals surface area contributed by atoms with Gasteiger partial charge in [-0.05, 0) is 49.2 Å². The fourth-order valence-corrected chi connectivity index (χ4v) is 4.04. The molecule has 0 aliphatic rings. The molecule has 0 saturated carbocycles. The lowest BCUT2D eigenvalue weighted by Crippen LogP contribution is -2.24. The van der Waals surface area contributed by atoms with Gasteiger partial charge in [-0.3, -0.25) is 9.59 Å². The fraction of sp³-hybridized carbons (Fsp3) is 0.233. The number of ether oxygens (including phenoxy) is 2. The number of oxazole rings is 1. The van der Waals surface area contributed by atoms with E-state index in [-0.39, 0.29) is 18.9 Å². The van der Waals surface area contributed by atoms with Crippen LogP contribution in [-0.2, 0) is 24.2 Å². The van der Waals surface area contributed by atoms with Gasteiger partial charge < -0.3 is 24.3 Å². The van der Waals surface area contributed by atoms with E-state index < -0.39 is 5.97 Å². The Bertz CT molecular complexity index is 1400. The highest BCUT2D eigenvalue weighted by molar-refractivity contribution is 5.96. The maximum absolute atomic E-state index is 12.8. The van der Waals surface area contributed by atoms with Crippen LogP contribution in [0.15, 0.2) is 77.2 Å². The molecular formula is C30H30N2O6. The molecule has 4 rings (SSSR count). The van der Waals surface area contributed by atoms with E-state index in [1.165, 1.54) is 7.11 Å². The van der Waals surface area contributed by atoms with Crippen LogP contribution in [0.5, 0.6) is 11.5 Å². The highest BCUT2D eigenvalue weighted by Crippen LogP contribution is 2.24. The molecule has 196 valence electrons. The second-order valence-electron chi connectivity index (χ2n) is 8.71. The predicted molar refractivity (Wildman–Crippen MR) is 142 cm³/mol. The van der Waals surface area contributed by atoms with Crippen LogP contribution < -0.4 is 14.8 Å². The second kappa shape index (κ2) is 12.6. The quantitative estimate of drug-likeness (QED) is 0.266. The maximum atomic E-state index is 12.8. The first-order valence-electron chi connectivity index (χ1n) is 12.3. The van der Waals surface area contributed by atoms with Crippen LogP contribution in [0.1, 0.15) is 39.4 Å². The van der Waals surface area contributed by atoms with Crippen LogP contribution in [0.25, 0.3) is 11.5 Å². The highest BCUT2D eigenvalue weighted by atomic mass is 16.5. The molecule has 1 aromatic heterocycles. The zero-order valence-electron chi connectivity index (χ0n) is 21.4. The Morgan fingerprint density at radius 1 is 0.974 bits per heavy atom. The summed E-state index contributed by atoms with van der Waals surface area (Å²) in [5, 5.41) is 12.0. The van der Waals surface area contributed by atoms with Gasteiger partial charge in [-0.15, -0.1) is 0 Å². The van der Waals surface area contributed by atoms with Gasteiger partial charge in [0.25, 0.3) is 5.91 Å². The summed E-state index contributed by atoms with van der Waals surface area (Å²) in [5.41, 5.74) is 3.75. The molecule has 0 atom stereocenters. The Morgan fingerprint density at radius 2 is 1.74 bits per heavy atom. The van der Waals surface area contributed by atoms with Gasteiger partial charge in [-0.25, -0.2) is 4.98 Å². The van der Waals surface area contributed by atoms with Crippen molar-refractivity contribution >= 4 is 11.9 Å². The lowest BCUT2D eigenvalue weighted by Gasteiger charge is -2.15. The molecule has 3 aromatic carbocycles. The van der Waals surface area contributed by atoms with Crippen LogP contribution in [0.3, 0.4) is 0 Å². The summed E-state index contributed by atoms with van der Waals surface area (Å²) in [6, 6.07) is 22.2. The van der Waals surface area contributed by atoms with Gasteiger partial charge in [0, 0.05) is 30.5 Å². The molecule has 4 aromatic rings. The zero-order chi connectivity index (χ0) is 26.9. The third-order valence-electron chi connectivity index (χ3n) is 6.05. The van der Waals surface area contributed by atoms with Crippen molar-refractivity contribution in [2.24, 2.45) is 0 Å². The number of hydrogen-bond acceptors (Lipinski definition) is 6. The van der Waals surface area contributed by atoms with Gasteiger partial charge in [0.2, 0.25) is 5.89 Å². The molecule has 2 N–H and O–H groups in total. The number of aryl methyl sites for hydroxylation is 2. The molecule has 0 spiro atoms. The number of hydrogen-bond donors (Lipinski definition) is 2. The Balaban J connectivity index is 1.46. The molecule has 1 heterocycles. The van der Waals surface area contributed by atoms with Crippen molar-refractivity contribution in [2.75, 3.05) is 13.7 Å². The van der Waals surface area contributed by atoms with Crippen molar-refractivity contribution < 1.29 is 28.6 Å². The largest absolute Gasteiger partial charge is 0.496 e. The molecule has 0 saturated heterocycles. The third kappa shape index (κ3) is 6.79. The smallest absolute Gasteiger partial charge is 0.303 e. The molecule has 0 bridgehead atoms. The van der Waals surface area contributed by atoms with E-state index in [4.69, 9.17) is 19.0 Å². The molecule has 0 aliphatic carbocycles. The zero-order valence-corrected chi connectivity index (χ0v) is 21.4. The number of carbonyl (C=O) groups excluding carboxylic acids is 1. The SMILES string of the molecule is COc1ccccc1C(=O)NCc1cc(CCC(=O)O)ccc1OCCc1nc(-c2ccccc2)oc1C. The summed E-state index contributed by atoms with van der Waals surface area (Å²) < 4.78 is 17.2. The first-order chi connectivity index (χ1) is 18.4.